The van der Waals surface area contributed by atoms with Crippen molar-refractivity contribution in [2.24, 2.45) is 23.7 Å². The van der Waals surface area contributed by atoms with Gasteiger partial charge in [0.15, 0.2) is 5.60 Å². The third-order valence-electron chi connectivity index (χ3n) is 7.48. The van der Waals surface area contributed by atoms with Crippen molar-refractivity contribution in [3.63, 3.8) is 0 Å². The highest BCUT2D eigenvalue weighted by atomic mass is 31.2. The van der Waals surface area contributed by atoms with E-state index in [4.69, 9.17) is 23.6 Å². The SMILES string of the molecule is COC1(c2cc(C)cc(OP(C)(=O)OC)c2)OOC12C1CC3CC(C1)CC2C3. The second kappa shape index (κ2) is 6.29. The zero-order valence-electron chi connectivity index (χ0n) is 17.0. The quantitative estimate of drug-likeness (QED) is 0.515. The van der Waals surface area contributed by atoms with E-state index in [1.807, 2.05) is 19.1 Å². The molecule has 6 rings (SSSR count). The van der Waals surface area contributed by atoms with Gasteiger partial charge in [-0.25, -0.2) is 9.45 Å². The molecular formula is C21H29O6P. The zero-order chi connectivity index (χ0) is 19.7. The average Bonchev–Trinajstić information content (AvgIpc) is 2.60. The third-order valence-corrected chi connectivity index (χ3v) is 8.69. The van der Waals surface area contributed by atoms with Gasteiger partial charge in [0.1, 0.15) is 5.75 Å². The summed E-state index contributed by atoms with van der Waals surface area (Å²) in [6, 6.07) is 5.77. The Morgan fingerprint density at radius 1 is 1.00 bits per heavy atom. The van der Waals surface area contributed by atoms with E-state index in [9.17, 15) is 4.57 Å². The van der Waals surface area contributed by atoms with Gasteiger partial charge in [0.2, 0.25) is 0 Å². The van der Waals surface area contributed by atoms with E-state index in [0.29, 0.717) is 17.6 Å². The smallest absolute Gasteiger partial charge is 0.375 e. The fourth-order valence-corrected chi connectivity index (χ4v) is 7.14. The van der Waals surface area contributed by atoms with Crippen LogP contribution in [0.15, 0.2) is 18.2 Å². The second-order valence-corrected chi connectivity index (χ2v) is 11.3. The van der Waals surface area contributed by atoms with Crippen molar-refractivity contribution >= 4 is 7.60 Å². The summed E-state index contributed by atoms with van der Waals surface area (Å²) < 4.78 is 29.1. The van der Waals surface area contributed by atoms with E-state index >= 15 is 0 Å². The number of benzene rings is 1. The summed E-state index contributed by atoms with van der Waals surface area (Å²) >= 11 is 0. The Labute approximate surface area is 166 Å². The number of hydrogen-bond acceptors (Lipinski definition) is 6. The van der Waals surface area contributed by atoms with Crippen LogP contribution in [0.1, 0.15) is 43.2 Å². The van der Waals surface area contributed by atoms with Gasteiger partial charge in [0, 0.05) is 26.4 Å². The molecule has 5 aliphatic rings. The number of methoxy groups -OCH3 is 1. The molecule has 0 aromatic heterocycles. The molecule has 2 unspecified atom stereocenters. The van der Waals surface area contributed by atoms with E-state index in [1.165, 1.54) is 45.9 Å². The molecule has 1 aromatic carbocycles. The lowest BCUT2D eigenvalue weighted by atomic mass is 9.47. The average molecular weight is 408 g/mol. The molecule has 0 N–H and O–H groups in total. The molecule has 7 heteroatoms. The molecule has 6 nitrogen and oxygen atoms in total. The van der Waals surface area contributed by atoms with Crippen molar-refractivity contribution in [2.45, 2.75) is 50.4 Å². The number of aryl methyl sites for hydroxylation is 1. The Hall–Kier alpha value is -0.910. The summed E-state index contributed by atoms with van der Waals surface area (Å²) in [5.74, 6) is 2.06. The molecule has 1 aliphatic heterocycles. The van der Waals surface area contributed by atoms with Crippen molar-refractivity contribution in [3.05, 3.63) is 29.3 Å². The fourth-order valence-electron chi connectivity index (χ4n) is 6.58. The van der Waals surface area contributed by atoms with Crippen LogP contribution >= 0.6 is 7.60 Å². The normalized spacial score (nSPS) is 43.0. The van der Waals surface area contributed by atoms with Gasteiger partial charge in [0.05, 0.1) is 0 Å². The maximum atomic E-state index is 12.3. The Morgan fingerprint density at radius 3 is 2.14 bits per heavy atom. The van der Waals surface area contributed by atoms with Gasteiger partial charge < -0.3 is 13.8 Å². The summed E-state index contributed by atoms with van der Waals surface area (Å²) in [6.07, 6.45) is 6.11. The first-order valence-corrected chi connectivity index (χ1v) is 12.2. The molecule has 4 bridgehead atoms. The van der Waals surface area contributed by atoms with E-state index in [2.05, 4.69) is 6.07 Å². The van der Waals surface area contributed by atoms with Gasteiger partial charge in [-0.3, -0.25) is 0 Å². The van der Waals surface area contributed by atoms with Crippen molar-refractivity contribution in [1.82, 2.24) is 0 Å². The highest BCUT2D eigenvalue weighted by molar-refractivity contribution is 7.53. The third kappa shape index (κ3) is 2.51. The van der Waals surface area contributed by atoms with E-state index in [-0.39, 0.29) is 0 Å². The molecular weight excluding hydrogens is 379 g/mol. The molecule has 1 spiro atoms. The summed E-state index contributed by atoms with van der Waals surface area (Å²) in [7, 11) is -0.0791. The van der Waals surface area contributed by atoms with Crippen molar-refractivity contribution in [2.75, 3.05) is 20.9 Å². The van der Waals surface area contributed by atoms with Gasteiger partial charge >= 0.3 is 7.60 Å². The fraction of sp³-hybridized carbons (Fsp3) is 0.714. The molecule has 5 fully saturated rings. The van der Waals surface area contributed by atoms with Gasteiger partial charge in [0.25, 0.3) is 5.79 Å². The molecule has 1 aromatic rings. The van der Waals surface area contributed by atoms with Gasteiger partial charge in [-0.2, -0.15) is 4.89 Å². The minimum Gasteiger partial charge on any atom is -0.425 e. The molecule has 28 heavy (non-hydrogen) atoms. The van der Waals surface area contributed by atoms with Gasteiger partial charge in [-0.15, -0.1) is 0 Å². The van der Waals surface area contributed by atoms with Crippen LogP contribution in [0.2, 0.25) is 0 Å². The van der Waals surface area contributed by atoms with E-state index < -0.39 is 19.0 Å². The lowest BCUT2D eigenvalue weighted by Gasteiger charge is -2.68. The maximum Gasteiger partial charge on any atom is 0.375 e. The lowest BCUT2D eigenvalue weighted by molar-refractivity contribution is -0.645. The summed E-state index contributed by atoms with van der Waals surface area (Å²) in [5, 5.41) is 0. The summed E-state index contributed by atoms with van der Waals surface area (Å²) in [6.45, 7) is 3.44. The standard InChI is InChI=1S/C21H29O6P/c1-13-5-18(12-19(6-13)25-28(4,22)24-3)21(23-2)20(26-27-21)16-8-14-7-15(10-16)11-17(20)9-14/h5-6,12,14-17H,7-11H2,1-4H3. The minimum absolute atomic E-state index is 0.443. The Bertz CT molecular complexity index is 806. The van der Waals surface area contributed by atoms with E-state index in [1.54, 1.807) is 7.11 Å². The molecule has 4 saturated carbocycles. The van der Waals surface area contributed by atoms with Crippen LogP contribution in [0, 0.1) is 30.6 Å². The molecule has 0 amide bonds. The second-order valence-electron chi connectivity index (χ2n) is 9.16. The number of ether oxygens (including phenoxy) is 1. The highest BCUT2D eigenvalue weighted by Crippen LogP contribution is 2.69. The van der Waals surface area contributed by atoms with Crippen LogP contribution in [-0.4, -0.2) is 26.5 Å². The van der Waals surface area contributed by atoms with Crippen LogP contribution in [0.3, 0.4) is 0 Å². The summed E-state index contributed by atoms with van der Waals surface area (Å²) in [5.41, 5.74) is 1.39. The molecule has 154 valence electrons. The first kappa shape index (κ1) is 19.1. The minimum atomic E-state index is -3.16. The topological polar surface area (TPSA) is 63.2 Å². The number of hydrogen-bond donors (Lipinski definition) is 0. The maximum absolute atomic E-state index is 12.3. The lowest BCUT2D eigenvalue weighted by Crippen LogP contribution is -2.76. The molecule has 1 heterocycles. The van der Waals surface area contributed by atoms with Gasteiger partial charge in [-0.1, -0.05) is 6.07 Å². The van der Waals surface area contributed by atoms with Crippen LogP contribution in [0.25, 0.3) is 0 Å². The number of rotatable bonds is 5. The molecule has 2 atom stereocenters. The predicted octanol–water partition coefficient (Wildman–Crippen LogP) is 4.80. The van der Waals surface area contributed by atoms with Crippen LogP contribution in [0.4, 0.5) is 0 Å². The molecule has 1 saturated heterocycles. The Morgan fingerprint density at radius 2 is 1.64 bits per heavy atom. The van der Waals surface area contributed by atoms with Crippen molar-refractivity contribution < 1.29 is 28.1 Å². The summed E-state index contributed by atoms with van der Waals surface area (Å²) in [4.78, 5) is 11.8. The monoisotopic (exact) mass is 408 g/mol. The highest BCUT2D eigenvalue weighted by Gasteiger charge is 2.76. The van der Waals surface area contributed by atoms with Crippen LogP contribution < -0.4 is 4.52 Å². The van der Waals surface area contributed by atoms with Gasteiger partial charge in [-0.05, 0) is 80.4 Å². The largest absolute Gasteiger partial charge is 0.425 e. The molecule has 0 radical (unpaired) electrons. The Balaban J connectivity index is 1.56. The first-order chi connectivity index (χ1) is 13.3. The predicted molar refractivity (Wildman–Crippen MR) is 103 cm³/mol. The van der Waals surface area contributed by atoms with Crippen LogP contribution in [0.5, 0.6) is 5.75 Å². The van der Waals surface area contributed by atoms with Crippen molar-refractivity contribution in [3.8, 4) is 5.75 Å². The van der Waals surface area contributed by atoms with Crippen LogP contribution in [-0.2, 0) is 29.4 Å². The van der Waals surface area contributed by atoms with Crippen molar-refractivity contribution in [1.29, 1.82) is 0 Å². The Kier molecular flexibility index (Phi) is 4.29. The zero-order valence-corrected chi connectivity index (χ0v) is 17.9. The molecule has 4 aliphatic carbocycles. The first-order valence-electron chi connectivity index (χ1n) is 10.2. The van der Waals surface area contributed by atoms with E-state index in [0.717, 1.165) is 23.0 Å².